The summed E-state index contributed by atoms with van der Waals surface area (Å²) in [4.78, 5) is 3.01. The molecule has 1 aromatic rings. The van der Waals surface area contributed by atoms with E-state index in [4.69, 9.17) is 18.0 Å². The Morgan fingerprint density at radius 1 is 1.18 bits per heavy atom. The Bertz CT molecular complexity index is 380. The van der Waals surface area contributed by atoms with Crippen LogP contribution in [0.15, 0.2) is 24.3 Å². The summed E-state index contributed by atoms with van der Waals surface area (Å²) in [7, 11) is 0. The van der Waals surface area contributed by atoms with E-state index in [1.165, 1.54) is 30.4 Å². The van der Waals surface area contributed by atoms with Crippen molar-refractivity contribution in [2.75, 3.05) is 13.1 Å². The van der Waals surface area contributed by atoms with Crippen LogP contribution in [0.1, 0.15) is 36.4 Å². The summed E-state index contributed by atoms with van der Waals surface area (Å²) >= 11 is 5.25. The van der Waals surface area contributed by atoms with Crippen molar-refractivity contribution < 1.29 is 0 Å². The van der Waals surface area contributed by atoms with Crippen molar-refractivity contribution in [3.8, 4) is 0 Å². The monoisotopic (exact) mass is 248 g/mol. The number of rotatable bonds is 3. The molecule has 2 nitrogen and oxygen atoms in total. The molecule has 1 saturated heterocycles. The van der Waals surface area contributed by atoms with Crippen molar-refractivity contribution in [1.82, 2.24) is 4.90 Å². The standard InChI is InChI=1S/C14H20N2S/c1-11-5-7-12(8-6-11)13(14(15)17)16-9-3-2-4-10-16/h5-8,13H,2-4,9-10H2,1H3,(H2,15,17). The van der Waals surface area contributed by atoms with Gasteiger partial charge in [0.15, 0.2) is 0 Å². The third-order valence-electron chi connectivity index (χ3n) is 3.42. The molecule has 0 amide bonds. The first-order chi connectivity index (χ1) is 8.18. The Morgan fingerprint density at radius 2 is 1.76 bits per heavy atom. The van der Waals surface area contributed by atoms with Crippen molar-refractivity contribution in [2.45, 2.75) is 32.2 Å². The predicted octanol–water partition coefficient (Wildman–Crippen LogP) is 2.81. The molecule has 1 aliphatic heterocycles. The molecule has 1 heterocycles. The molecule has 0 aliphatic carbocycles. The lowest BCUT2D eigenvalue weighted by molar-refractivity contribution is 0.203. The Kier molecular flexibility index (Phi) is 4.13. The van der Waals surface area contributed by atoms with Gasteiger partial charge in [0.25, 0.3) is 0 Å². The minimum Gasteiger partial charge on any atom is -0.392 e. The Balaban J connectivity index is 2.21. The average molecular weight is 248 g/mol. The first-order valence-corrected chi connectivity index (χ1v) is 6.69. The third kappa shape index (κ3) is 3.05. The predicted molar refractivity (Wildman–Crippen MR) is 76.1 cm³/mol. The maximum Gasteiger partial charge on any atom is 0.0948 e. The number of hydrogen-bond donors (Lipinski definition) is 1. The largest absolute Gasteiger partial charge is 0.392 e. The van der Waals surface area contributed by atoms with Gasteiger partial charge < -0.3 is 5.73 Å². The number of thiocarbonyl (C=S) groups is 1. The average Bonchev–Trinajstić information content (AvgIpc) is 2.33. The number of nitrogens with two attached hydrogens (primary N) is 1. The van der Waals surface area contributed by atoms with Crippen LogP contribution in [0, 0.1) is 6.92 Å². The van der Waals surface area contributed by atoms with Crippen LogP contribution < -0.4 is 5.73 Å². The lowest BCUT2D eigenvalue weighted by atomic mass is 10.0. The van der Waals surface area contributed by atoms with Crippen molar-refractivity contribution >= 4 is 17.2 Å². The zero-order chi connectivity index (χ0) is 12.3. The van der Waals surface area contributed by atoms with Gasteiger partial charge >= 0.3 is 0 Å². The highest BCUT2D eigenvalue weighted by Crippen LogP contribution is 2.25. The topological polar surface area (TPSA) is 29.3 Å². The van der Waals surface area contributed by atoms with E-state index >= 15 is 0 Å². The number of benzene rings is 1. The lowest BCUT2D eigenvalue weighted by Crippen LogP contribution is -2.40. The zero-order valence-electron chi connectivity index (χ0n) is 10.4. The van der Waals surface area contributed by atoms with E-state index < -0.39 is 0 Å². The van der Waals surface area contributed by atoms with Crippen molar-refractivity contribution in [3.05, 3.63) is 35.4 Å². The maximum absolute atomic E-state index is 5.93. The number of aryl methyl sites for hydroxylation is 1. The molecule has 2 rings (SSSR count). The SMILES string of the molecule is Cc1ccc(C(C(N)=S)N2CCCCC2)cc1. The highest BCUT2D eigenvalue weighted by atomic mass is 32.1. The van der Waals surface area contributed by atoms with E-state index in [1.54, 1.807) is 0 Å². The molecular formula is C14H20N2S. The highest BCUT2D eigenvalue weighted by Gasteiger charge is 2.24. The van der Waals surface area contributed by atoms with E-state index in [0.717, 1.165) is 13.1 Å². The van der Waals surface area contributed by atoms with Crippen LogP contribution in [0.4, 0.5) is 0 Å². The Hall–Kier alpha value is -0.930. The molecule has 2 N–H and O–H groups in total. The van der Waals surface area contributed by atoms with Gasteiger partial charge in [-0.2, -0.15) is 0 Å². The molecule has 0 bridgehead atoms. The summed E-state index contributed by atoms with van der Waals surface area (Å²) in [5, 5.41) is 0. The number of piperidine rings is 1. The number of nitrogens with zero attached hydrogens (tertiary/aromatic N) is 1. The fourth-order valence-corrected chi connectivity index (χ4v) is 2.77. The number of hydrogen-bond acceptors (Lipinski definition) is 2. The summed E-state index contributed by atoms with van der Waals surface area (Å²) in [6, 6.07) is 8.67. The van der Waals surface area contributed by atoms with Crippen LogP contribution in [0.3, 0.4) is 0 Å². The molecular weight excluding hydrogens is 228 g/mol. The van der Waals surface area contributed by atoms with E-state index in [9.17, 15) is 0 Å². The molecule has 0 spiro atoms. The van der Waals surface area contributed by atoms with Gasteiger partial charge in [0, 0.05) is 0 Å². The minimum absolute atomic E-state index is 0.117. The van der Waals surface area contributed by atoms with Gasteiger partial charge in [0.05, 0.1) is 11.0 Å². The van der Waals surface area contributed by atoms with Crippen LogP contribution in [0.2, 0.25) is 0 Å². The second kappa shape index (κ2) is 5.61. The molecule has 1 fully saturated rings. The van der Waals surface area contributed by atoms with Crippen LogP contribution in [0.5, 0.6) is 0 Å². The van der Waals surface area contributed by atoms with Crippen LogP contribution in [-0.4, -0.2) is 23.0 Å². The minimum atomic E-state index is 0.117. The molecule has 1 aliphatic rings. The van der Waals surface area contributed by atoms with E-state index in [0.29, 0.717) is 4.99 Å². The summed E-state index contributed by atoms with van der Waals surface area (Å²) in [5.74, 6) is 0. The van der Waals surface area contributed by atoms with E-state index in [2.05, 4.69) is 36.1 Å². The Morgan fingerprint density at radius 3 is 2.29 bits per heavy atom. The Labute approximate surface area is 109 Å². The van der Waals surface area contributed by atoms with Crippen molar-refractivity contribution in [2.24, 2.45) is 5.73 Å². The molecule has 3 heteroatoms. The van der Waals surface area contributed by atoms with Crippen LogP contribution in [-0.2, 0) is 0 Å². The summed E-state index contributed by atoms with van der Waals surface area (Å²) in [6.45, 7) is 4.31. The van der Waals surface area contributed by atoms with Gasteiger partial charge in [0.1, 0.15) is 0 Å². The van der Waals surface area contributed by atoms with Gasteiger partial charge in [-0.15, -0.1) is 0 Å². The first kappa shape index (κ1) is 12.5. The van der Waals surface area contributed by atoms with Gasteiger partial charge in [0.2, 0.25) is 0 Å². The number of likely N-dealkylation sites (tertiary alicyclic amines) is 1. The second-order valence-corrected chi connectivity index (χ2v) is 5.28. The molecule has 92 valence electrons. The van der Waals surface area contributed by atoms with Crippen molar-refractivity contribution in [1.29, 1.82) is 0 Å². The fourth-order valence-electron chi connectivity index (χ4n) is 2.48. The fraction of sp³-hybridized carbons (Fsp3) is 0.500. The smallest absolute Gasteiger partial charge is 0.0948 e. The molecule has 1 atom stereocenters. The highest BCUT2D eigenvalue weighted by molar-refractivity contribution is 7.80. The third-order valence-corrected chi connectivity index (χ3v) is 3.64. The quantitative estimate of drug-likeness (QED) is 0.834. The van der Waals surface area contributed by atoms with Gasteiger partial charge in [-0.1, -0.05) is 48.5 Å². The van der Waals surface area contributed by atoms with Gasteiger partial charge in [-0.05, 0) is 38.4 Å². The van der Waals surface area contributed by atoms with E-state index in [1.807, 2.05) is 0 Å². The van der Waals surface area contributed by atoms with E-state index in [-0.39, 0.29) is 6.04 Å². The van der Waals surface area contributed by atoms with Crippen LogP contribution >= 0.6 is 12.2 Å². The lowest BCUT2D eigenvalue weighted by Gasteiger charge is -2.34. The molecule has 1 aromatic carbocycles. The molecule has 1 unspecified atom stereocenters. The first-order valence-electron chi connectivity index (χ1n) is 6.28. The zero-order valence-corrected chi connectivity index (χ0v) is 11.2. The molecule has 0 aromatic heterocycles. The second-order valence-electron chi connectivity index (χ2n) is 4.81. The summed E-state index contributed by atoms with van der Waals surface area (Å²) in [5.41, 5.74) is 8.43. The van der Waals surface area contributed by atoms with Gasteiger partial charge in [-0.25, -0.2) is 0 Å². The van der Waals surface area contributed by atoms with Gasteiger partial charge in [-0.3, -0.25) is 4.90 Å². The summed E-state index contributed by atoms with van der Waals surface area (Å²) < 4.78 is 0. The van der Waals surface area contributed by atoms with Crippen molar-refractivity contribution in [3.63, 3.8) is 0 Å². The molecule has 0 saturated carbocycles. The normalized spacial score (nSPS) is 18.9. The molecule has 17 heavy (non-hydrogen) atoms. The maximum atomic E-state index is 5.93. The van der Waals surface area contributed by atoms with Crippen LogP contribution in [0.25, 0.3) is 0 Å². The molecule has 0 radical (unpaired) electrons. The summed E-state index contributed by atoms with van der Waals surface area (Å²) in [6.07, 6.45) is 3.84.